The number of hydrogen-bond acceptors (Lipinski definition) is 7. The van der Waals surface area contributed by atoms with Crippen molar-refractivity contribution < 1.29 is 14.3 Å². The van der Waals surface area contributed by atoms with E-state index in [1.165, 1.54) is 30.2 Å². The van der Waals surface area contributed by atoms with Crippen LogP contribution in [0.5, 0.6) is 0 Å². The lowest BCUT2D eigenvalue weighted by Gasteiger charge is -2.29. The second-order valence-electron chi connectivity index (χ2n) is 7.65. The van der Waals surface area contributed by atoms with E-state index >= 15 is 0 Å². The molecule has 0 saturated carbocycles. The first kappa shape index (κ1) is 20.1. The summed E-state index contributed by atoms with van der Waals surface area (Å²) in [5, 5.41) is 1.14. The molecule has 6 nitrogen and oxygen atoms in total. The number of thioether (sulfide) groups is 1. The lowest BCUT2D eigenvalue weighted by atomic mass is 9.94. The van der Waals surface area contributed by atoms with Crippen molar-refractivity contribution in [3.05, 3.63) is 50.6 Å². The Morgan fingerprint density at radius 2 is 2.21 bits per heavy atom. The summed E-state index contributed by atoms with van der Waals surface area (Å²) >= 11 is 2.70. The largest absolute Gasteiger partial charge is 0.468 e. The summed E-state index contributed by atoms with van der Waals surface area (Å²) in [7, 11) is 1.35. The minimum absolute atomic E-state index is 0.0848. The number of rotatable bonds is 4. The molecular weight excluding hydrogens is 408 g/mol. The molecule has 1 aliphatic heterocycles. The van der Waals surface area contributed by atoms with Gasteiger partial charge in [0.05, 0.1) is 36.1 Å². The van der Waals surface area contributed by atoms with E-state index in [2.05, 4.69) is 0 Å². The maximum atomic E-state index is 13.7. The number of benzene rings is 1. The zero-order chi connectivity index (χ0) is 20.8. The van der Waals surface area contributed by atoms with Crippen LogP contribution < -0.4 is 5.56 Å². The molecule has 0 bridgehead atoms. The first-order chi connectivity index (χ1) is 13.8. The highest BCUT2D eigenvalue weighted by Gasteiger charge is 2.31. The molecule has 0 unspecified atom stereocenters. The number of hydrogen-bond donors (Lipinski definition) is 0. The highest BCUT2D eigenvalue weighted by molar-refractivity contribution is 7.99. The van der Waals surface area contributed by atoms with Gasteiger partial charge in [-0.05, 0) is 44.0 Å². The zero-order valence-electron chi connectivity index (χ0n) is 16.8. The number of methoxy groups -OCH3 is 1. The molecule has 0 aliphatic carbocycles. The number of esters is 1. The lowest BCUT2D eigenvalue weighted by Crippen LogP contribution is -2.32. The van der Waals surface area contributed by atoms with Gasteiger partial charge in [-0.3, -0.25) is 14.2 Å². The summed E-state index contributed by atoms with van der Waals surface area (Å²) in [6.07, 6.45) is 0.668. The second kappa shape index (κ2) is 7.59. The fourth-order valence-electron chi connectivity index (χ4n) is 3.45. The van der Waals surface area contributed by atoms with Gasteiger partial charge in [0.25, 0.3) is 5.56 Å². The van der Waals surface area contributed by atoms with Crippen molar-refractivity contribution in [3.63, 3.8) is 0 Å². The second-order valence-corrected chi connectivity index (χ2v) is 9.67. The van der Waals surface area contributed by atoms with E-state index in [1.54, 1.807) is 4.57 Å². The summed E-state index contributed by atoms with van der Waals surface area (Å²) in [4.78, 5) is 31.9. The predicted molar refractivity (Wildman–Crippen MR) is 115 cm³/mol. The van der Waals surface area contributed by atoms with Crippen LogP contribution in [0.2, 0.25) is 0 Å². The third-order valence-corrected chi connectivity index (χ3v) is 6.89. The van der Waals surface area contributed by atoms with Gasteiger partial charge in [-0.15, -0.1) is 11.3 Å². The maximum absolute atomic E-state index is 13.7. The number of fused-ring (bicyclic) bond motifs is 3. The molecule has 1 aromatic carbocycles. The first-order valence-electron chi connectivity index (χ1n) is 9.27. The third-order valence-electron chi connectivity index (χ3n) is 4.88. The monoisotopic (exact) mass is 430 g/mol. The Bertz CT molecular complexity index is 1160. The van der Waals surface area contributed by atoms with E-state index in [4.69, 9.17) is 14.5 Å². The van der Waals surface area contributed by atoms with Gasteiger partial charge in [-0.2, -0.15) is 0 Å². The number of aryl methyl sites for hydroxylation is 1. The molecule has 0 N–H and O–H groups in total. The average Bonchev–Trinajstić information content (AvgIpc) is 3.02. The Balaban J connectivity index is 1.95. The molecule has 0 saturated heterocycles. The highest BCUT2D eigenvalue weighted by Crippen LogP contribution is 2.37. The molecule has 0 fully saturated rings. The molecule has 3 aromatic rings. The minimum Gasteiger partial charge on any atom is -0.468 e. The highest BCUT2D eigenvalue weighted by atomic mass is 32.2. The van der Waals surface area contributed by atoms with Crippen LogP contribution in [0.1, 0.15) is 29.9 Å². The van der Waals surface area contributed by atoms with E-state index in [0.717, 1.165) is 21.7 Å². The summed E-state index contributed by atoms with van der Waals surface area (Å²) in [6, 6.07) is 7.73. The van der Waals surface area contributed by atoms with E-state index in [1.807, 2.05) is 45.0 Å². The lowest BCUT2D eigenvalue weighted by molar-refractivity contribution is -0.137. The smallest absolute Gasteiger partial charge is 0.316 e. The van der Waals surface area contributed by atoms with Crippen molar-refractivity contribution in [1.29, 1.82) is 0 Å². The molecule has 1 aliphatic rings. The Labute approximate surface area is 176 Å². The van der Waals surface area contributed by atoms with Crippen molar-refractivity contribution in [2.24, 2.45) is 0 Å². The third kappa shape index (κ3) is 3.84. The molecule has 0 atom stereocenters. The van der Waals surface area contributed by atoms with E-state index in [9.17, 15) is 9.59 Å². The van der Waals surface area contributed by atoms with Crippen LogP contribution in [0.15, 0.2) is 34.2 Å². The van der Waals surface area contributed by atoms with Crippen LogP contribution >= 0.6 is 23.1 Å². The minimum atomic E-state index is -0.360. The fraction of sp³-hybridized carbons (Fsp3) is 0.381. The summed E-state index contributed by atoms with van der Waals surface area (Å²) in [5.41, 5.74) is 2.39. The van der Waals surface area contributed by atoms with Crippen molar-refractivity contribution in [2.45, 2.75) is 44.6 Å². The molecule has 0 radical (unpaired) electrons. The van der Waals surface area contributed by atoms with Gasteiger partial charge in [-0.1, -0.05) is 23.9 Å². The van der Waals surface area contributed by atoms with E-state index in [-0.39, 0.29) is 22.9 Å². The van der Waals surface area contributed by atoms with Gasteiger partial charge in [-0.25, -0.2) is 4.98 Å². The number of aromatic nitrogens is 2. The van der Waals surface area contributed by atoms with E-state index in [0.29, 0.717) is 28.4 Å². The standard InChI is InChI=1S/C21H22N2O4S2/c1-12-6-5-7-13(8-12)23-19(25)17-14-9-21(2,3)27-10-15(14)29-18(17)22-20(23)28-11-16(24)26-4/h5-8H,9-11H2,1-4H3. The number of nitrogens with zero attached hydrogens (tertiary/aromatic N) is 2. The van der Waals surface area contributed by atoms with Crippen LogP contribution in [0, 0.1) is 6.92 Å². The fourth-order valence-corrected chi connectivity index (χ4v) is 5.44. The van der Waals surface area contributed by atoms with Crippen molar-refractivity contribution in [2.75, 3.05) is 12.9 Å². The molecule has 152 valence electrons. The molecule has 0 amide bonds. The molecule has 0 spiro atoms. The Morgan fingerprint density at radius 1 is 1.41 bits per heavy atom. The maximum Gasteiger partial charge on any atom is 0.316 e. The molecule has 8 heteroatoms. The van der Waals surface area contributed by atoms with Crippen molar-refractivity contribution in [3.8, 4) is 5.69 Å². The van der Waals surface area contributed by atoms with Gasteiger partial charge in [0.15, 0.2) is 5.16 Å². The van der Waals surface area contributed by atoms with Gasteiger partial charge >= 0.3 is 5.97 Å². The molecule has 2 aromatic heterocycles. The Hall–Kier alpha value is -2.16. The van der Waals surface area contributed by atoms with Crippen LogP contribution in [-0.4, -0.2) is 34.0 Å². The summed E-state index contributed by atoms with van der Waals surface area (Å²) in [5.74, 6) is -0.276. The first-order valence-corrected chi connectivity index (χ1v) is 11.1. The van der Waals surface area contributed by atoms with Crippen molar-refractivity contribution >= 4 is 39.3 Å². The summed E-state index contributed by atoms with van der Waals surface area (Å²) < 4.78 is 12.3. The van der Waals surface area contributed by atoms with E-state index < -0.39 is 0 Å². The van der Waals surface area contributed by atoms with Crippen LogP contribution in [0.25, 0.3) is 15.9 Å². The Kier molecular flexibility index (Phi) is 5.27. The van der Waals surface area contributed by atoms with Crippen LogP contribution in [0.3, 0.4) is 0 Å². The number of carbonyl (C=O) groups excluding carboxylic acids is 1. The van der Waals surface area contributed by atoms with Crippen molar-refractivity contribution in [1.82, 2.24) is 9.55 Å². The van der Waals surface area contributed by atoms with Gasteiger partial charge < -0.3 is 9.47 Å². The average molecular weight is 431 g/mol. The zero-order valence-corrected chi connectivity index (χ0v) is 18.4. The number of thiophene rings is 1. The van der Waals surface area contributed by atoms with Crippen LogP contribution in [-0.2, 0) is 27.3 Å². The molecule has 29 heavy (non-hydrogen) atoms. The normalized spacial score (nSPS) is 15.3. The summed E-state index contributed by atoms with van der Waals surface area (Å²) in [6.45, 7) is 6.53. The van der Waals surface area contributed by atoms with Gasteiger partial charge in [0, 0.05) is 11.3 Å². The number of carbonyl (C=O) groups is 1. The quantitative estimate of drug-likeness (QED) is 0.356. The predicted octanol–water partition coefficient (Wildman–Crippen LogP) is 3.87. The molecular formula is C21H22N2O4S2. The molecule has 4 rings (SSSR count). The van der Waals surface area contributed by atoms with Crippen LogP contribution in [0.4, 0.5) is 0 Å². The topological polar surface area (TPSA) is 70.4 Å². The number of ether oxygens (including phenoxy) is 2. The SMILES string of the molecule is COC(=O)CSc1nc2sc3c(c2c(=O)n1-c1cccc(C)c1)CC(C)(C)OC3. The van der Waals surface area contributed by atoms with Gasteiger partial charge in [0.2, 0.25) is 0 Å². The molecule has 3 heterocycles. The van der Waals surface area contributed by atoms with Gasteiger partial charge in [0.1, 0.15) is 4.83 Å². The Morgan fingerprint density at radius 3 is 2.93 bits per heavy atom.